The summed E-state index contributed by atoms with van der Waals surface area (Å²) in [5, 5.41) is 14.0. The van der Waals surface area contributed by atoms with Crippen molar-refractivity contribution < 1.29 is 9.60 Å². The molecule has 0 spiro atoms. The van der Waals surface area contributed by atoms with Crippen LogP contribution in [0.2, 0.25) is 0 Å². The first kappa shape index (κ1) is 13.9. The Morgan fingerprint density at radius 2 is 2.24 bits per heavy atom. The van der Waals surface area contributed by atoms with Gasteiger partial charge in [-0.25, -0.2) is 4.39 Å². The summed E-state index contributed by atoms with van der Waals surface area (Å²) in [4.78, 5) is 3.44. The number of nitrogens with two attached hydrogens (primary N) is 1. The molecule has 0 aliphatic heterocycles. The van der Waals surface area contributed by atoms with Gasteiger partial charge in [0.2, 0.25) is 0 Å². The molecule has 3 N–H and O–H groups in total. The van der Waals surface area contributed by atoms with E-state index in [1.165, 1.54) is 17.0 Å². The number of benzene rings is 1. The van der Waals surface area contributed by atoms with Gasteiger partial charge in [-0.3, -0.25) is 0 Å². The second-order valence-corrected chi connectivity index (χ2v) is 6.12. The quantitative estimate of drug-likeness (QED) is 0.386. The van der Waals surface area contributed by atoms with E-state index in [1.807, 2.05) is 11.4 Å². The molecule has 1 aliphatic rings. The summed E-state index contributed by atoms with van der Waals surface area (Å²) in [5.41, 5.74) is 6.94. The highest BCUT2D eigenvalue weighted by Gasteiger charge is 2.31. The lowest BCUT2D eigenvalue weighted by Gasteiger charge is -2.26. The van der Waals surface area contributed by atoms with E-state index in [1.54, 1.807) is 17.4 Å². The van der Waals surface area contributed by atoms with Crippen molar-refractivity contribution in [1.29, 1.82) is 0 Å². The molecular formula is C15H16FN3OS. The Labute approximate surface area is 126 Å². The maximum atomic E-state index is 13.5. The smallest absolute Gasteiger partial charge is 0.172 e. The average molecular weight is 305 g/mol. The molecule has 1 saturated carbocycles. The SMILES string of the molecule is NC(=NO)c1cc(F)ccc1N(Cc1cccs1)C1CC1. The molecule has 21 heavy (non-hydrogen) atoms. The van der Waals surface area contributed by atoms with Gasteiger partial charge in [-0.2, -0.15) is 0 Å². The van der Waals surface area contributed by atoms with Gasteiger partial charge in [0.25, 0.3) is 0 Å². The normalized spacial score (nSPS) is 15.2. The molecule has 1 aromatic carbocycles. The minimum atomic E-state index is -0.396. The monoisotopic (exact) mass is 305 g/mol. The zero-order valence-electron chi connectivity index (χ0n) is 11.4. The van der Waals surface area contributed by atoms with Crippen molar-refractivity contribution in [2.24, 2.45) is 10.9 Å². The third-order valence-electron chi connectivity index (χ3n) is 3.55. The van der Waals surface area contributed by atoms with Gasteiger partial charge in [-0.1, -0.05) is 11.2 Å². The van der Waals surface area contributed by atoms with Crippen LogP contribution in [0, 0.1) is 5.82 Å². The summed E-state index contributed by atoms with van der Waals surface area (Å²) in [5.74, 6) is -0.464. The van der Waals surface area contributed by atoms with Gasteiger partial charge < -0.3 is 15.8 Å². The van der Waals surface area contributed by atoms with Gasteiger partial charge in [-0.05, 0) is 42.5 Å². The molecule has 6 heteroatoms. The minimum Gasteiger partial charge on any atom is -0.409 e. The zero-order chi connectivity index (χ0) is 14.8. The predicted molar refractivity (Wildman–Crippen MR) is 82.4 cm³/mol. The van der Waals surface area contributed by atoms with Crippen LogP contribution >= 0.6 is 11.3 Å². The molecule has 0 amide bonds. The van der Waals surface area contributed by atoms with Crippen LogP contribution in [0.5, 0.6) is 0 Å². The topological polar surface area (TPSA) is 61.9 Å². The highest BCUT2D eigenvalue weighted by Crippen LogP contribution is 2.35. The second-order valence-electron chi connectivity index (χ2n) is 5.09. The van der Waals surface area contributed by atoms with Crippen LogP contribution in [-0.2, 0) is 6.54 Å². The maximum Gasteiger partial charge on any atom is 0.172 e. The molecule has 0 atom stereocenters. The molecule has 0 unspecified atom stereocenters. The van der Waals surface area contributed by atoms with E-state index in [0.29, 0.717) is 11.6 Å². The number of halogens is 1. The van der Waals surface area contributed by atoms with Gasteiger partial charge in [0.15, 0.2) is 5.84 Å². The lowest BCUT2D eigenvalue weighted by molar-refractivity contribution is 0.318. The molecule has 2 aromatic rings. The van der Waals surface area contributed by atoms with Crippen molar-refractivity contribution in [3.05, 3.63) is 52.0 Å². The number of nitrogens with zero attached hydrogens (tertiary/aromatic N) is 2. The molecular weight excluding hydrogens is 289 g/mol. The number of amidine groups is 1. The third kappa shape index (κ3) is 3.00. The summed E-state index contributed by atoms with van der Waals surface area (Å²) in [7, 11) is 0. The average Bonchev–Trinajstić information content (AvgIpc) is 3.21. The molecule has 4 nitrogen and oxygen atoms in total. The molecule has 1 fully saturated rings. The largest absolute Gasteiger partial charge is 0.409 e. The molecule has 0 radical (unpaired) electrons. The lowest BCUT2D eigenvalue weighted by atomic mass is 10.1. The van der Waals surface area contributed by atoms with Crippen LogP contribution in [0.1, 0.15) is 23.3 Å². The van der Waals surface area contributed by atoms with Crippen LogP contribution in [0.4, 0.5) is 10.1 Å². The molecule has 1 heterocycles. The predicted octanol–water partition coefficient (Wildman–Crippen LogP) is 3.15. The molecule has 110 valence electrons. The van der Waals surface area contributed by atoms with Gasteiger partial charge in [0.05, 0.1) is 6.54 Å². The maximum absolute atomic E-state index is 13.5. The lowest BCUT2D eigenvalue weighted by Crippen LogP contribution is -2.28. The Balaban J connectivity index is 1.99. The minimum absolute atomic E-state index is 0.0682. The third-order valence-corrected chi connectivity index (χ3v) is 4.41. The van der Waals surface area contributed by atoms with Gasteiger partial charge in [-0.15, -0.1) is 11.3 Å². The first-order valence-corrected chi connectivity index (χ1v) is 7.63. The van der Waals surface area contributed by atoms with Gasteiger partial charge >= 0.3 is 0 Å². The summed E-state index contributed by atoms with van der Waals surface area (Å²) >= 11 is 1.69. The van der Waals surface area contributed by atoms with Crippen LogP contribution in [0.3, 0.4) is 0 Å². The van der Waals surface area contributed by atoms with Crippen molar-refractivity contribution in [2.45, 2.75) is 25.4 Å². The van der Waals surface area contributed by atoms with Crippen LogP contribution in [0.15, 0.2) is 40.9 Å². The standard InChI is InChI=1S/C15H16FN3OS/c16-10-3-6-14(13(8-10)15(17)18-20)19(11-4-5-11)9-12-2-1-7-21-12/h1-3,6-8,11,20H,4-5,9H2,(H2,17,18). The highest BCUT2D eigenvalue weighted by atomic mass is 32.1. The Bertz CT molecular complexity index is 653. The van der Waals surface area contributed by atoms with Gasteiger partial charge in [0, 0.05) is 22.2 Å². The Hall–Kier alpha value is -2.08. The van der Waals surface area contributed by atoms with Gasteiger partial charge in [0.1, 0.15) is 5.82 Å². The number of hydrogen-bond acceptors (Lipinski definition) is 4. The first-order chi connectivity index (χ1) is 10.2. The summed E-state index contributed by atoms with van der Waals surface area (Å²) in [6.07, 6.45) is 2.22. The molecule has 0 bridgehead atoms. The number of hydrogen-bond donors (Lipinski definition) is 2. The van der Waals surface area contributed by atoms with E-state index in [9.17, 15) is 4.39 Å². The van der Waals surface area contributed by atoms with E-state index >= 15 is 0 Å². The van der Waals surface area contributed by atoms with Crippen LogP contribution in [-0.4, -0.2) is 17.1 Å². The first-order valence-electron chi connectivity index (χ1n) is 6.75. The van der Waals surface area contributed by atoms with E-state index in [2.05, 4.69) is 16.1 Å². The van der Waals surface area contributed by atoms with Crippen molar-refractivity contribution in [3.8, 4) is 0 Å². The number of rotatable bonds is 5. The van der Waals surface area contributed by atoms with E-state index in [-0.39, 0.29) is 5.84 Å². The fraction of sp³-hybridized carbons (Fsp3) is 0.267. The molecule has 1 aliphatic carbocycles. The number of thiophene rings is 1. The highest BCUT2D eigenvalue weighted by molar-refractivity contribution is 7.09. The van der Waals surface area contributed by atoms with E-state index in [4.69, 9.17) is 10.9 Å². The molecule has 0 saturated heterocycles. The number of anilines is 1. The fourth-order valence-corrected chi connectivity index (χ4v) is 3.09. The Morgan fingerprint density at radius 1 is 1.43 bits per heavy atom. The van der Waals surface area contributed by atoms with E-state index < -0.39 is 5.82 Å². The van der Waals surface area contributed by atoms with Crippen molar-refractivity contribution in [1.82, 2.24) is 0 Å². The summed E-state index contributed by atoms with van der Waals surface area (Å²) in [6, 6.07) is 8.95. The Kier molecular flexibility index (Phi) is 3.79. The summed E-state index contributed by atoms with van der Waals surface area (Å²) < 4.78 is 13.5. The molecule has 3 rings (SSSR count). The van der Waals surface area contributed by atoms with Crippen LogP contribution < -0.4 is 10.6 Å². The second kappa shape index (κ2) is 5.73. The fourth-order valence-electron chi connectivity index (χ4n) is 2.39. The summed E-state index contributed by atoms with van der Waals surface area (Å²) in [6.45, 7) is 0.750. The number of oxime groups is 1. The van der Waals surface area contributed by atoms with Crippen molar-refractivity contribution >= 4 is 22.9 Å². The van der Waals surface area contributed by atoms with Crippen molar-refractivity contribution in [3.63, 3.8) is 0 Å². The van der Waals surface area contributed by atoms with Crippen LogP contribution in [0.25, 0.3) is 0 Å². The van der Waals surface area contributed by atoms with E-state index in [0.717, 1.165) is 25.1 Å². The van der Waals surface area contributed by atoms with Crippen molar-refractivity contribution in [2.75, 3.05) is 4.90 Å². The molecule has 1 aromatic heterocycles. The zero-order valence-corrected chi connectivity index (χ0v) is 12.2. The Morgan fingerprint density at radius 3 is 2.86 bits per heavy atom.